The van der Waals surface area contributed by atoms with Gasteiger partial charge in [0.25, 0.3) is 0 Å². The largest absolute Gasteiger partial charge is 1.00 e. The molecule has 0 saturated carbocycles. The van der Waals surface area contributed by atoms with Gasteiger partial charge in [-0.25, -0.2) is 0 Å². The third-order valence-corrected chi connectivity index (χ3v) is 4.02. The van der Waals surface area contributed by atoms with E-state index in [0.29, 0.717) is 0 Å². The van der Waals surface area contributed by atoms with Crippen LogP contribution in [0, 0.1) is 5.92 Å². The quantitative estimate of drug-likeness (QED) is 0.418. The Balaban J connectivity index is -0.000000270. The zero-order chi connectivity index (χ0) is 7.02. The summed E-state index contributed by atoms with van der Waals surface area (Å²) in [5.74, 6) is 0.739. The minimum atomic E-state index is 0. The van der Waals surface area contributed by atoms with Crippen LogP contribution in [0.15, 0.2) is 20.5 Å². The van der Waals surface area contributed by atoms with Crippen molar-refractivity contribution in [1.29, 1.82) is 0 Å². The van der Waals surface area contributed by atoms with Crippen molar-refractivity contribution in [1.82, 2.24) is 0 Å². The van der Waals surface area contributed by atoms with E-state index in [1.165, 1.54) is 11.1 Å². The molecule has 4 heteroatoms. The molecule has 0 nitrogen and oxygen atoms in total. The molecule has 0 aromatic rings. The van der Waals surface area contributed by atoms with Gasteiger partial charge in [0.05, 0.1) is 0 Å². The van der Waals surface area contributed by atoms with Crippen molar-refractivity contribution in [2.75, 3.05) is 0 Å². The standard InChI is InChI=1S/C8H11.3ClH.Zr/c1-6-4-7(2)8(3)5-6;;;;/h4,8H,1-3H3;3*1H;/q;;;;+3/p-3. The molecule has 1 unspecified atom stereocenters. The number of allylic oxidation sites excluding steroid dienone is 4. The van der Waals surface area contributed by atoms with Crippen LogP contribution in [0.5, 0.6) is 0 Å². The number of rotatable bonds is 0. The molecule has 1 aliphatic carbocycles. The van der Waals surface area contributed by atoms with Gasteiger partial charge in [-0.15, -0.1) is 0 Å². The Bertz CT molecular complexity index is 196. The maximum Gasteiger partial charge on any atom is -1.00 e. The molecule has 12 heavy (non-hydrogen) atoms. The van der Waals surface area contributed by atoms with E-state index < -0.39 is 0 Å². The van der Waals surface area contributed by atoms with Gasteiger partial charge in [0.15, 0.2) is 0 Å². The van der Waals surface area contributed by atoms with Crippen molar-refractivity contribution < 1.29 is 61.9 Å². The van der Waals surface area contributed by atoms with Gasteiger partial charge < -0.3 is 37.2 Å². The van der Waals surface area contributed by atoms with E-state index in [4.69, 9.17) is 0 Å². The van der Waals surface area contributed by atoms with E-state index in [1.54, 1.807) is 28.0 Å². The minimum Gasteiger partial charge on any atom is -1.00 e. The summed E-state index contributed by atoms with van der Waals surface area (Å²) in [5.41, 5.74) is 3.03. The molecule has 0 bridgehead atoms. The zero-order valence-corrected chi connectivity index (χ0v) is 12.0. The first kappa shape index (κ1) is 18.9. The van der Waals surface area contributed by atoms with E-state index >= 15 is 0 Å². The first-order valence-electron chi connectivity index (χ1n) is 3.23. The maximum absolute atomic E-state index is 2.30. The van der Waals surface area contributed by atoms with Crippen LogP contribution in [0.3, 0.4) is 0 Å². The Labute approximate surface area is 108 Å². The molecule has 0 aromatic carbocycles. The maximum atomic E-state index is 2.30. The second kappa shape index (κ2) is 7.62. The fourth-order valence-electron chi connectivity index (χ4n) is 1.11. The van der Waals surface area contributed by atoms with Crippen molar-refractivity contribution in [3.63, 3.8) is 0 Å². The summed E-state index contributed by atoms with van der Waals surface area (Å²) in [4.78, 5) is 0. The molecular weight excluding hydrogens is 294 g/mol. The average molecular weight is 305 g/mol. The van der Waals surface area contributed by atoms with Crippen molar-refractivity contribution in [3.8, 4) is 0 Å². The molecule has 0 heterocycles. The Hall–Kier alpha value is 1.23. The van der Waals surface area contributed by atoms with E-state index in [2.05, 4.69) is 26.8 Å². The smallest absolute Gasteiger partial charge is 1.00 e. The van der Waals surface area contributed by atoms with Crippen LogP contribution in [-0.4, -0.2) is 0 Å². The summed E-state index contributed by atoms with van der Waals surface area (Å²) in [6.07, 6.45) is 2.30. The van der Waals surface area contributed by atoms with Gasteiger partial charge in [-0.1, -0.05) is 0 Å². The molecule has 1 atom stereocenters. The molecule has 0 N–H and O–H groups in total. The minimum absolute atomic E-state index is 0. The Kier molecular flexibility index (Phi) is 12.0. The van der Waals surface area contributed by atoms with Gasteiger partial charge >= 0.3 is 71.9 Å². The molecule has 0 saturated heterocycles. The third kappa shape index (κ3) is 3.96. The van der Waals surface area contributed by atoms with Crippen LogP contribution in [0.25, 0.3) is 0 Å². The number of halogens is 3. The molecule has 0 aromatic heterocycles. The monoisotopic (exact) mass is 302 g/mol. The first-order valence-corrected chi connectivity index (χ1v) is 4.46. The number of hydrogen-bond acceptors (Lipinski definition) is 0. The number of hydrogen-bond donors (Lipinski definition) is 0. The molecule has 0 fully saturated rings. The van der Waals surface area contributed by atoms with Crippen LogP contribution in [0.2, 0.25) is 0 Å². The fraction of sp³-hybridized carbons (Fsp3) is 0.500. The van der Waals surface area contributed by atoms with Crippen molar-refractivity contribution in [3.05, 3.63) is 20.5 Å². The predicted molar refractivity (Wildman–Crippen MR) is 35.6 cm³/mol. The van der Waals surface area contributed by atoms with E-state index in [-0.39, 0.29) is 37.2 Å². The Morgan fingerprint density at radius 3 is 1.67 bits per heavy atom. The molecule has 0 spiro atoms. The average Bonchev–Trinajstić information content (AvgIpc) is 1.98. The fourth-order valence-corrected chi connectivity index (χ4v) is 1.85. The summed E-state index contributed by atoms with van der Waals surface area (Å²) >= 11 is 1.58. The Morgan fingerprint density at radius 1 is 1.17 bits per heavy atom. The summed E-state index contributed by atoms with van der Waals surface area (Å²) in [6.45, 7) is 6.70. The van der Waals surface area contributed by atoms with Crippen molar-refractivity contribution in [2.24, 2.45) is 5.92 Å². The summed E-state index contributed by atoms with van der Waals surface area (Å²) in [7, 11) is 0. The van der Waals surface area contributed by atoms with Crippen LogP contribution in [0.1, 0.15) is 20.8 Å². The van der Waals surface area contributed by atoms with Gasteiger partial charge in [-0.3, -0.25) is 0 Å². The van der Waals surface area contributed by atoms with Crippen molar-refractivity contribution in [2.45, 2.75) is 20.8 Å². The van der Waals surface area contributed by atoms with E-state index in [1.807, 2.05) is 0 Å². The van der Waals surface area contributed by atoms with Crippen molar-refractivity contribution >= 4 is 0 Å². The molecule has 0 amide bonds. The van der Waals surface area contributed by atoms with Crippen LogP contribution in [0.4, 0.5) is 0 Å². The third-order valence-electron chi connectivity index (χ3n) is 1.99. The van der Waals surface area contributed by atoms with E-state index in [9.17, 15) is 0 Å². The normalized spacial score (nSPS) is 20.4. The summed E-state index contributed by atoms with van der Waals surface area (Å²) in [6, 6.07) is 0. The zero-order valence-electron chi connectivity index (χ0n) is 7.29. The molecule has 0 aliphatic heterocycles. The second-order valence-electron chi connectivity index (χ2n) is 2.71. The molecular formula is C8H11Cl3Zr. The predicted octanol–water partition coefficient (Wildman–Crippen LogP) is -6.58. The second-order valence-corrected chi connectivity index (χ2v) is 4.03. The van der Waals surface area contributed by atoms with E-state index in [0.717, 1.165) is 5.92 Å². The SMILES string of the molecule is CC1=CC(C)=[C]([Zr+3])C1C.[Cl-].[Cl-].[Cl-]. The topological polar surface area (TPSA) is 0 Å². The van der Waals surface area contributed by atoms with Gasteiger partial charge in [0.2, 0.25) is 0 Å². The van der Waals surface area contributed by atoms with Gasteiger partial charge in [0, 0.05) is 0 Å². The van der Waals surface area contributed by atoms with Crippen LogP contribution < -0.4 is 37.2 Å². The molecule has 1 rings (SSSR count). The van der Waals surface area contributed by atoms with Gasteiger partial charge in [-0.2, -0.15) is 0 Å². The van der Waals surface area contributed by atoms with Gasteiger partial charge in [-0.05, 0) is 0 Å². The Morgan fingerprint density at radius 2 is 1.58 bits per heavy atom. The summed E-state index contributed by atoms with van der Waals surface area (Å²) < 4.78 is 1.62. The molecule has 68 valence electrons. The van der Waals surface area contributed by atoms with Crippen LogP contribution in [-0.2, 0) is 24.7 Å². The molecule has 1 aliphatic rings. The van der Waals surface area contributed by atoms with Gasteiger partial charge in [0.1, 0.15) is 0 Å². The molecule has 0 radical (unpaired) electrons. The van der Waals surface area contributed by atoms with Crippen LogP contribution >= 0.6 is 0 Å². The first-order chi connectivity index (χ1) is 4.13. The summed E-state index contributed by atoms with van der Waals surface area (Å²) in [5, 5.41) is 0.